The van der Waals surface area contributed by atoms with Crippen molar-refractivity contribution < 1.29 is 17.8 Å². The van der Waals surface area contributed by atoms with Gasteiger partial charge in [0.2, 0.25) is 11.9 Å². The fourth-order valence-corrected chi connectivity index (χ4v) is 1.96. The van der Waals surface area contributed by atoms with Crippen LogP contribution in [0.5, 0.6) is 0 Å². The lowest BCUT2D eigenvalue weighted by atomic mass is 10.3. The maximum Gasteiger partial charge on any atom is 0.294 e. The van der Waals surface area contributed by atoms with Crippen molar-refractivity contribution in [1.82, 2.24) is 10.2 Å². The summed E-state index contributed by atoms with van der Waals surface area (Å²) in [4.78, 5) is 16.7. The van der Waals surface area contributed by atoms with Crippen LogP contribution in [0.3, 0.4) is 0 Å². The van der Waals surface area contributed by atoms with Crippen LogP contribution in [0.1, 0.15) is 0 Å². The lowest BCUT2D eigenvalue weighted by Crippen LogP contribution is -2.26. The molecule has 96 valence electrons. The van der Waals surface area contributed by atoms with E-state index in [-0.39, 0.29) is 17.3 Å². The fraction of sp³-hybridized carbons (Fsp3) is 0.200. The first-order valence-electron chi connectivity index (χ1n) is 5.03. The molecule has 1 aromatic carbocycles. The highest BCUT2D eigenvalue weighted by Gasteiger charge is 2.21. The minimum atomic E-state index is -4.20. The van der Waals surface area contributed by atoms with Crippen LogP contribution in [-0.4, -0.2) is 43.3 Å². The highest BCUT2D eigenvalue weighted by atomic mass is 32.2. The Morgan fingerprint density at radius 3 is 2.39 bits per heavy atom. The predicted octanol–water partition coefficient (Wildman–Crippen LogP) is -0.0176. The first-order chi connectivity index (χ1) is 8.36. The highest BCUT2D eigenvalue weighted by Crippen LogP contribution is 2.17. The van der Waals surface area contributed by atoms with E-state index in [1.165, 1.54) is 24.3 Å². The van der Waals surface area contributed by atoms with Crippen molar-refractivity contribution in [2.45, 2.75) is 4.90 Å². The van der Waals surface area contributed by atoms with Crippen molar-refractivity contribution in [3.8, 4) is 0 Å². The number of amides is 1. The number of aliphatic imine (C=N–C) groups is 1. The molecule has 0 aliphatic carbocycles. The second-order valence-corrected chi connectivity index (χ2v) is 5.23. The molecule has 0 unspecified atom stereocenters. The number of hydrogen-bond acceptors (Lipinski definition) is 4. The van der Waals surface area contributed by atoms with Gasteiger partial charge in [0, 0.05) is 7.05 Å². The number of guanidine groups is 1. The average Bonchev–Trinajstić information content (AvgIpc) is 2.57. The topological polar surface area (TPSA) is 99.1 Å². The maximum atomic E-state index is 11.1. The van der Waals surface area contributed by atoms with Gasteiger partial charge in [-0.3, -0.25) is 14.7 Å². The van der Waals surface area contributed by atoms with Crippen LogP contribution in [-0.2, 0) is 14.9 Å². The van der Waals surface area contributed by atoms with Crippen LogP contribution >= 0.6 is 0 Å². The summed E-state index contributed by atoms with van der Waals surface area (Å²) in [6.07, 6.45) is 0. The van der Waals surface area contributed by atoms with Gasteiger partial charge < -0.3 is 4.90 Å². The minimum Gasteiger partial charge on any atom is -0.336 e. The predicted molar refractivity (Wildman–Crippen MR) is 64.1 cm³/mol. The normalized spacial score (nSPS) is 18.2. The molecular weight excluding hydrogens is 258 g/mol. The highest BCUT2D eigenvalue weighted by molar-refractivity contribution is 7.85. The van der Waals surface area contributed by atoms with Gasteiger partial charge in [-0.15, -0.1) is 0 Å². The molecule has 1 saturated heterocycles. The van der Waals surface area contributed by atoms with Crippen LogP contribution in [0, 0.1) is 0 Å². The first kappa shape index (κ1) is 12.5. The lowest BCUT2D eigenvalue weighted by molar-refractivity contribution is -0.118. The molecular formula is C10H11N3O4S. The van der Waals surface area contributed by atoms with Crippen molar-refractivity contribution in [2.24, 2.45) is 4.99 Å². The summed E-state index contributed by atoms with van der Waals surface area (Å²) >= 11 is 0. The van der Waals surface area contributed by atoms with E-state index in [4.69, 9.17) is 4.55 Å². The fourth-order valence-electron chi connectivity index (χ4n) is 1.48. The maximum absolute atomic E-state index is 11.1. The first-order valence-corrected chi connectivity index (χ1v) is 6.47. The van der Waals surface area contributed by atoms with Crippen LogP contribution in [0.15, 0.2) is 34.2 Å². The van der Waals surface area contributed by atoms with Crippen molar-refractivity contribution in [2.75, 3.05) is 13.6 Å². The van der Waals surface area contributed by atoms with Gasteiger partial charge in [0.25, 0.3) is 10.1 Å². The van der Waals surface area contributed by atoms with Gasteiger partial charge in [-0.1, -0.05) is 0 Å². The quantitative estimate of drug-likeness (QED) is 0.735. The van der Waals surface area contributed by atoms with Crippen molar-refractivity contribution in [1.29, 1.82) is 0 Å². The Morgan fingerprint density at radius 2 is 1.94 bits per heavy atom. The van der Waals surface area contributed by atoms with E-state index in [1.807, 2.05) is 0 Å². The molecule has 1 fully saturated rings. The van der Waals surface area contributed by atoms with E-state index in [0.717, 1.165) is 0 Å². The molecule has 18 heavy (non-hydrogen) atoms. The average molecular weight is 269 g/mol. The summed E-state index contributed by atoms with van der Waals surface area (Å²) < 4.78 is 30.5. The molecule has 8 heteroatoms. The molecule has 1 aromatic rings. The minimum absolute atomic E-state index is 0.147. The van der Waals surface area contributed by atoms with E-state index < -0.39 is 10.1 Å². The van der Waals surface area contributed by atoms with Gasteiger partial charge in [-0.2, -0.15) is 8.42 Å². The molecule has 0 saturated carbocycles. The largest absolute Gasteiger partial charge is 0.336 e. The molecule has 0 bridgehead atoms. The van der Waals surface area contributed by atoms with Gasteiger partial charge >= 0.3 is 0 Å². The molecule has 1 heterocycles. The number of benzene rings is 1. The Bertz CT molecular complexity index is 607. The van der Waals surface area contributed by atoms with Crippen molar-refractivity contribution >= 4 is 27.7 Å². The monoisotopic (exact) mass is 269 g/mol. The lowest BCUT2D eigenvalue weighted by Gasteiger charge is -2.08. The number of carbonyl (C=O) groups is 1. The summed E-state index contributed by atoms with van der Waals surface area (Å²) in [5, 5.41) is 2.57. The number of likely N-dealkylation sites (N-methyl/N-ethyl adjacent to an activating group) is 1. The van der Waals surface area contributed by atoms with Gasteiger partial charge in [0.1, 0.15) is 0 Å². The molecule has 2 rings (SSSR count). The third-order valence-corrected chi connectivity index (χ3v) is 3.23. The Balaban J connectivity index is 2.26. The molecule has 1 aliphatic rings. The Hall–Kier alpha value is -1.93. The smallest absolute Gasteiger partial charge is 0.294 e. The number of rotatable bonds is 2. The summed E-state index contributed by atoms with van der Waals surface area (Å²) in [5.74, 6) is 0.255. The van der Waals surface area contributed by atoms with Gasteiger partial charge in [0.05, 0.1) is 17.1 Å². The Labute approximate surface area is 104 Å². The van der Waals surface area contributed by atoms with Crippen LogP contribution in [0.4, 0.5) is 5.69 Å². The molecule has 2 N–H and O–H groups in total. The molecule has 0 spiro atoms. The van der Waals surface area contributed by atoms with Crippen molar-refractivity contribution in [3.05, 3.63) is 24.3 Å². The van der Waals surface area contributed by atoms with E-state index in [0.29, 0.717) is 11.6 Å². The summed E-state index contributed by atoms with van der Waals surface area (Å²) in [7, 11) is -2.48. The molecule has 0 aromatic heterocycles. The zero-order valence-electron chi connectivity index (χ0n) is 9.49. The SMILES string of the molecule is CN1CC(=O)NC1=Nc1ccc(S(=O)(=O)O)cc1. The zero-order valence-corrected chi connectivity index (χ0v) is 10.3. The summed E-state index contributed by atoms with van der Waals surface area (Å²) in [5.41, 5.74) is 0.478. The molecule has 0 atom stereocenters. The van der Waals surface area contributed by atoms with Gasteiger partial charge in [-0.25, -0.2) is 4.99 Å². The Kier molecular flexibility index (Phi) is 3.05. The number of nitrogens with zero attached hydrogens (tertiary/aromatic N) is 2. The molecule has 7 nitrogen and oxygen atoms in total. The summed E-state index contributed by atoms with van der Waals surface area (Å²) in [6.45, 7) is 0.238. The van der Waals surface area contributed by atoms with E-state index in [1.54, 1.807) is 11.9 Å². The van der Waals surface area contributed by atoms with Gasteiger partial charge in [-0.05, 0) is 24.3 Å². The molecule has 1 amide bonds. The third kappa shape index (κ3) is 2.66. The molecule has 1 aliphatic heterocycles. The second kappa shape index (κ2) is 4.39. The van der Waals surface area contributed by atoms with Gasteiger partial charge in [0.15, 0.2) is 0 Å². The van der Waals surface area contributed by atoms with Crippen molar-refractivity contribution in [3.63, 3.8) is 0 Å². The van der Waals surface area contributed by atoms with E-state index in [9.17, 15) is 13.2 Å². The van der Waals surface area contributed by atoms with Crippen LogP contribution in [0.25, 0.3) is 0 Å². The van der Waals surface area contributed by atoms with E-state index >= 15 is 0 Å². The third-order valence-electron chi connectivity index (χ3n) is 2.36. The second-order valence-electron chi connectivity index (χ2n) is 3.81. The number of hydrogen-bond donors (Lipinski definition) is 2. The number of carbonyl (C=O) groups excluding carboxylic acids is 1. The number of nitrogens with one attached hydrogen (secondary N) is 1. The summed E-state index contributed by atoms with van der Waals surface area (Å²) in [6, 6.07) is 5.36. The zero-order chi connectivity index (χ0) is 13.3. The van der Waals surface area contributed by atoms with Crippen LogP contribution < -0.4 is 5.32 Å². The van der Waals surface area contributed by atoms with E-state index in [2.05, 4.69) is 10.3 Å². The van der Waals surface area contributed by atoms with Crippen LogP contribution in [0.2, 0.25) is 0 Å². The molecule has 0 radical (unpaired) electrons. The standard InChI is InChI=1S/C10H11N3O4S/c1-13-6-9(14)12-10(13)11-7-2-4-8(5-3-7)18(15,16)17/h2-5H,6H2,1H3,(H,11,12,14)(H,15,16,17). The Morgan fingerprint density at radius 1 is 1.33 bits per heavy atom.